The van der Waals surface area contributed by atoms with Crippen molar-refractivity contribution in [2.45, 2.75) is 52.2 Å². The first-order valence-corrected chi connectivity index (χ1v) is 13.8. The number of benzene rings is 2. The molecule has 2 heterocycles. The fourth-order valence-electron chi connectivity index (χ4n) is 4.66. The molecule has 2 aliphatic rings. The number of piperazine rings is 1. The van der Waals surface area contributed by atoms with E-state index in [9.17, 15) is 9.59 Å². The Hall–Kier alpha value is -3.72. The second kappa shape index (κ2) is 11.2. The first kappa shape index (κ1) is 26.9. The topological polar surface area (TPSA) is 99.7 Å². The predicted molar refractivity (Wildman–Crippen MR) is 153 cm³/mol. The van der Waals surface area contributed by atoms with Gasteiger partial charge in [-0.2, -0.15) is 0 Å². The number of amides is 2. The molecule has 2 amide bonds. The van der Waals surface area contributed by atoms with Crippen molar-refractivity contribution in [2.75, 3.05) is 44.6 Å². The van der Waals surface area contributed by atoms with Crippen molar-refractivity contribution in [1.82, 2.24) is 25.1 Å². The molecule has 0 bridgehead atoms. The molecule has 2 N–H and O–H groups in total. The molecule has 1 aromatic heterocycles. The Morgan fingerprint density at radius 3 is 2.54 bits per heavy atom. The summed E-state index contributed by atoms with van der Waals surface area (Å²) in [4.78, 5) is 38.1. The van der Waals surface area contributed by atoms with Gasteiger partial charge in [0, 0.05) is 62.5 Å². The molecule has 1 aliphatic heterocycles. The van der Waals surface area contributed by atoms with Gasteiger partial charge in [0.2, 0.25) is 5.95 Å². The van der Waals surface area contributed by atoms with Crippen molar-refractivity contribution >= 4 is 28.9 Å². The number of ether oxygens (including phenoxy) is 1. The van der Waals surface area contributed by atoms with Crippen LogP contribution in [0.3, 0.4) is 0 Å². The summed E-state index contributed by atoms with van der Waals surface area (Å²) in [5.74, 6) is 0.584. The number of aryl methyl sites for hydroxylation is 1. The van der Waals surface area contributed by atoms with Crippen LogP contribution in [0.4, 0.5) is 10.7 Å². The van der Waals surface area contributed by atoms with E-state index in [-0.39, 0.29) is 12.0 Å². The fourth-order valence-corrected chi connectivity index (χ4v) is 4.66. The van der Waals surface area contributed by atoms with Gasteiger partial charge in [-0.05, 0) is 81.5 Å². The lowest BCUT2D eigenvalue weighted by Crippen LogP contribution is -2.50. The number of aromatic nitrogens is 2. The number of nitrogens with one attached hydrogen (secondary N) is 2. The maximum absolute atomic E-state index is 12.6. The van der Waals surface area contributed by atoms with Gasteiger partial charge in [-0.3, -0.25) is 9.69 Å². The number of hydrogen-bond donors (Lipinski definition) is 2. The molecule has 1 aliphatic carbocycles. The van der Waals surface area contributed by atoms with Crippen LogP contribution in [-0.2, 0) is 4.74 Å². The van der Waals surface area contributed by atoms with E-state index in [1.54, 1.807) is 4.90 Å². The van der Waals surface area contributed by atoms with Gasteiger partial charge in [0.05, 0.1) is 5.52 Å². The molecule has 9 heteroatoms. The number of carbonyl (C=O) groups is 2. The molecule has 39 heavy (non-hydrogen) atoms. The second-order valence-corrected chi connectivity index (χ2v) is 11.5. The van der Waals surface area contributed by atoms with E-state index in [2.05, 4.69) is 33.5 Å². The molecule has 206 valence electrons. The SMILES string of the molecule is Cc1ccc(C(=O)NC2CC2)cc1-c1ccc2nc(NCCN3CCN(C(=O)OC(C)(C)C)CC3)ncc2c1. The van der Waals surface area contributed by atoms with E-state index in [1.807, 2.05) is 57.3 Å². The van der Waals surface area contributed by atoms with E-state index in [1.165, 1.54) is 0 Å². The third-order valence-electron chi connectivity index (χ3n) is 7.04. The van der Waals surface area contributed by atoms with Crippen LogP contribution < -0.4 is 10.6 Å². The van der Waals surface area contributed by atoms with Crippen LogP contribution in [0.1, 0.15) is 49.5 Å². The van der Waals surface area contributed by atoms with Crippen LogP contribution in [0.2, 0.25) is 0 Å². The van der Waals surface area contributed by atoms with E-state index in [0.29, 0.717) is 37.2 Å². The number of nitrogens with zero attached hydrogens (tertiary/aromatic N) is 4. The van der Waals surface area contributed by atoms with Crippen LogP contribution in [0.15, 0.2) is 42.6 Å². The highest BCUT2D eigenvalue weighted by Gasteiger charge is 2.26. The molecular weight excluding hydrogens is 492 g/mol. The van der Waals surface area contributed by atoms with Gasteiger partial charge < -0.3 is 20.3 Å². The Morgan fingerprint density at radius 2 is 1.82 bits per heavy atom. The Kier molecular flexibility index (Phi) is 7.70. The van der Waals surface area contributed by atoms with Gasteiger partial charge in [0.15, 0.2) is 0 Å². The Bertz CT molecular complexity index is 1360. The molecule has 9 nitrogen and oxygen atoms in total. The summed E-state index contributed by atoms with van der Waals surface area (Å²) in [6.45, 7) is 12.2. The van der Waals surface area contributed by atoms with Gasteiger partial charge in [0.1, 0.15) is 5.60 Å². The first-order valence-electron chi connectivity index (χ1n) is 13.8. The summed E-state index contributed by atoms with van der Waals surface area (Å²) in [5.41, 5.74) is 4.26. The highest BCUT2D eigenvalue weighted by Crippen LogP contribution is 2.28. The van der Waals surface area contributed by atoms with Gasteiger partial charge in [-0.15, -0.1) is 0 Å². The zero-order valence-electron chi connectivity index (χ0n) is 23.3. The Balaban J connectivity index is 1.16. The molecule has 3 aromatic rings. The van der Waals surface area contributed by atoms with E-state index < -0.39 is 5.60 Å². The zero-order valence-corrected chi connectivity index (χ0v) is 23.3. The van der Waals surface area contributed by atoms with Crippen molar-refractivity contribution < 1.29 is 14.3 Å². The maximum Gasteiger partial charge on any atom is 0.410 e. The van der Waals surface area contributed by atoms with Gasteiger partial charge >= 0.3 is 6.09 Å². The molecule has 1 saturated carbocycles. The molecule has 0 atom stereocenters. The number of anilines is 1. The Labute approximate surface area is 229 Å². The molecule has 1 saturated heterocycles. The molecular formula is C30H38N6O3. The maximum atomic E-state index is 12.6. The normalized spacial score (nSPS) is 16.3. The minimum absolute atomic E-state index is 0.0106. The van der Waals surface area contributed by atoms with E-state index in [0.717, 1.165) is 60.1 Å². The summed E-state index contributed by atoms with van der Waals surface area (Å²) < 4.78 is 5.48. The number of hydrogen-bond acceptors (Lipinski definition) is 7. The lowest BCUT2D eigenvalue weighted by atomic mass is 9.97. The third kappa shape index (κ3) is 7.03. The third-order valence-corrected chi connectivity index (χ3v) is 7.04. The first-order chi connectivity index (χ1) is 18.6. The van der Waals surface area contributed by atoms with Crippen LogP contribution in [-0.4, -0.2) is 82.7 Å². The van der Waals surface area contributed by atoms with Crippen molar-refractivity contribution in [3.8, 4) is 11.1 Å². The molecule has 2 aromatic carbocycles. The van der Waals surface area contributed by atoms with Crippen molar-refractivity contribution in [1.29, 1.82) is 0 Å². The average Bonchev–Trinajstić information content (AvgIpc) is 3.72. The van der Waals surface area contributed by atoms with Gasteiger partial charge in [-0.1, -0.05) is 12.1 Å². The van der Waals surface area contributed by atoms with E-state index >= 15 is 0 Å². The molecule has 2 fully saturated rings. The van der Waals surface area contributed by atoms with Crippen LogP contribution >= 0.6 is 0 Å². The molecule has 5 rings (SSSR count). The van der Waals surface area contributed by atoms with Crippen LogP contribution in [0, 0.1) is 6.92 Å². The average molecular weight is 531 g/mol. The smallest absolute Gasteiger partial charge is 0.410 e. The second-order valence-electron chi connectivity index (χ2n) is 11.5. The summed E-state index contributed by atoms with van der Waals surface area (Å²) in [5, 5.41) is 7.34. The molecule has 0 spiro atoms. The molecule has 0 unspecified atom stereocenters. The lowest BCUT2D eigenvalue weighted by Gasteiger charge is -2.35. The number of rotatable bonds is 7. The van der Waals surface area contributed by atoms with Gasteiger partial charge in [-0.25, -0.2) is 14.8 Å². The fraction of sp³-hybridized carbons (Fsp3) is 0.467. The zero-order chi connectivity index (χ0) is 27.6. The van der Waals surface area contributed by atoms with Gasteiger partial charge in [0.25, 0.3) is 5.91 Å². The number of carbonyl (C=O) groups excluding carboxylic acids is 2. The quantitative estimate of drug-likeness (QED) is 0.465. The highest BCUT2D eigenvalue weighted by atomic mass is 16.6. The summed E-state index contributed by atoms with van der Waals surface area (Å²) in [7, 11) is 0. The predicted octanol–water partition coefficient (Wildman–Crippen LogP) is 4.46. The summed E-state index contributed by atoms with van der Waals surface area (Å²) in [6, 6.07) is 12.3. The minimum atomic E-state index is -0.475. The lowest BCUT2D eigenvalue weighted by molar-refractivity contribution is 0.0148. The minimum Gasteiger partial charge on any atom is -0.444 e. The monoisotopic (exact) mass is 530 g/mol. The van der Waals surface area contributed by atoms with Crippen LogP contribution in [0.5, 0.6) is 0 Å². The summed E-state index contributed by atoms with van der Waals surface area (Å²) >= 11 is 0. The molecule has 0 radical (unpaired) electrons. The largest absolute Gasteiger partial charge is 0.444 e. The standard InChI is InChI=1S/C30H38N6O3/c1-20-5-6-22(27(37)33-24-8-9-24)18-25(20)21-7-10-26-23(17-21)19-32-28(34-26)31-11-12-35-13-15-36(16-14-35)29(38)39-30(2,3)4/h5-7,10,17-19,24H,8-9,11-16H2,1-4H3,(H,33,37)(H,31,32,34). The highest BCUT2D eigenvalue weighted by molar-refractivity contribution is 5.96. The van der Waals surface area contributed by atoms with Crippen molar-refractivity contribution in [3.05, 3.63) is 53.7 Å². The Morgan fingerprint density at radius 1 is 1.05 bits per heavy atom. The van der Waals surface area contributed by atoms with Crippen molar-refractivity contribution in [2.24, 2.45) is 0 Å². The van der Waals surface area contributed by atoms with Crippen molar-refractivity contribution in [3.63, 3.8) is 0 Å². The van der Waals surface area contributed by atoms with Crippen LogP contribution in [0.25, 0.3) is 22.0 Å². The van der Waals surface area contributed by atoms with E-state index in [4.69, 9.17) is 9.72 Å². The number of fused-ring (bicyclic) bond motifs is 1. The summed E-state index contributed by atoms with van der Waals surface area (Å²) in [6.07, 6.45) is 3.74.